The van der Waals surface area contributed by atoms with Gasteiger partial charge in [0.1, 0.15) is 18.0 Å². The first-order valence-electron chi connectivity index (χ1n) is 15.7. The zero-order chi connectivity index (χ0) is 33.7. The molecule has 3 heterocycles. The Hall–Kier alpha value is -4.73. The van der Waals surface area contributed by atoms with E-state index in [0.717, 1.165) is 11.1 Å². The maximum Gasteiger partial charge on any atom is 0.240 e. The topological polar surface area (TPSA) is 181 Å². The normalized spacial score (nSPS) is 19.5. The van der Waals surface area contributed by atoms with E-state index >= 15 is 0 Å². The van der Waals surface area contributed by atoms with Crippen molar-refractivity contribution in [3.05, 3.63) is 114 Å². The number of nitrogens with zero attached hydrogens (tertiary/aromatic N) is 4. The molecule has 0 saturated carbocycles. The lowest BCUT2D eigenvalue weighted by atomic mass is 9.91. The van der Waals surface area contributed by atoms with Crippen molar-refractivity contribution < 1.29 is 28.2 Å². The van der Waals surface area contributed by atoms with Gasteiger partial charge >= 0.3 is 0 Å². The lowest BCUT2D eigenvalue weighted by molar-refractivity contribution is -0.125. The molecule has 6 rings (SSSR count). The average molecular weight is 672 g/mol. The third-order valence-corrected chi connectivity index (χ3v) is 9.61. The number of rotatable bonds is 13. The molecule has 0 unspecified atom stereocenters. The minimum Gasteiger partial charge on any atom is -0.388 e. The Morgan fingerprint density at radius 1 is 0.917 bits per heavy atom. The monoisotopic (exact) mass is 671 g/mol. The fourth-order valence-electron chi connectivity index (χ4n) is 5.77. The lowest BCUT2D eigenvalue weighted by Gasteiger charge is -2.20. The predicted molar refractivity (Wildman–Crippen MR) is 178 cm³/mol. The first-order valence-corrected chi connectivity index (χ1v) is 17.1. The van der Waals surface area contributed by atoms with Gasteiger partial charge in [-0.2, -0.15) is 0 Å². The number of fused-ring (bicyclic) bond motifs is 1. The number of hydrogen-bond acceptors (Lipinski definition) is 10. The number of aromatic nitrogens is 4. The molecule has 13 nitrogen and oxygen atoms in total. The molecule has 250 valence electrons. The van der Waals surface area contributed by atoms with Gasteiger partial charge in [0, 0.05) is 19.0 Å². The summed E-state index contributed by atoms with van der Waals surface area (Å²) in [7, 11) is -3.88. The van der Waals surface area contributed by atoms with E-state index in [1.807, 2.05) is 36.4 Å². The van der Waals surface area contributed by atoms with Crippen molar-refractivity contribution in [1.82, 2.24) is 29.6 Å². The molecule has 3 aromatic carbocycles. The summed E-state index contributed by atoms with van der Waals surface area (Å²) in [5.74, 6) is 0.0911. The van der Waals surface area contributed by atoms with Gasteiger partial charge in [0.05, 0.1) is 30.3 Å². The molecule has 14 heteroatoms. The molecule has 1 aliphatic rings. The Kier molecular flexibility index (Phi) is 10.1. The maximum absolute atomic E-state index is 13.0. The van der Waals surface area contributed by atoms with E-state index in [2.05, 4.69) is 54.6 Å². The van der Waals surface area contributed by atoms with Gasteiger partial charge in [-0.05, 0) is 30.2 Å². The smallest absolute Gasteiger partial charge is 0.240 e. The number of anilines is 1. The average Bonchev–Trinajstić information content (AvgIpc) is 3.65. The Balaban J connectivity index is 1.35. The molecule has 1 amide bonds. The van der Waals surface area contributed by atoms with Crippen molar-refractivity contribution in [2.75, 3.05) is 18.4 Å². The summed E-state index contributed by atoms with van der Waals surface area (Å²) in [6, 6.07) is 28.0. The molecule has 1 fully saturated rings. The molecule has 0 spiro atoms. The number of ether oxygens (including phenoxy) is 1. The molecule has 5 aromatic rings. The summed E-state index contributed by atoms with van der Waals surface area (Å²) in [4.78, 5) is 26.2. The molecule has 4 atom stereocenters. The minimum atomic E-state index is -3.88. The number of carbonyl (C=O) groups excluding carboxylic acids is 1. The van der Waals surface area contributed by atoms with E-state index in [-0.39, 0.29) is 41.2 Å². The molecule has 2 aromatic heterocycles. The highest BCUT2D eigenvalue weighted by molar-refractivity contribution is 7.89. The van der Waals surface area contributed by atoms with Gasteiger partial charge in [-0.15, -0.1) is 0 Å². The number of hydrogen-bond donors (Lipinski definition) is 5. The van der Waals surface area contributed by atoms with E-state index in [9.17, 15) is 23.4 Å². The zero-order valence-electron chi connectivity index (χ0n) is 26.2. The number of amides is 1. The Bertz CT molecular complexity index is 1910. The quantitative estimate of drug-likeness (QED) is 0.125. The van der Waals surface area contributed by atoms with Crippen molar-refractivity contribution in [2.24, 2.45) is 0 Å². The first kappa shape index (κ1) is 33.2. The molecule has 48 heavy (non-hydrogen) atoms. The largest absolute Gasteiger partial charge is 0.388 e. The van der Waals surface area contributed by atoms with Gasteiger partial charge in [-0.1, -0.05) is 78.9 Å². The second-order valence-electron chi connectivity index (χ2n) is 11.4. The second kappa shape index (κ2) is 14.6. The van der Waals surface area contributed by atoms with Crippen molar-refractivity contribution in [1.29, 1.82) is 0 Å². The first-order chi connectivity index (χ1) is 23.2. The molecule has 5 N–H and O–H groups in total. The van der Waals surface area contributed by atoms with Crippen LogP contribution in [0.3, 0.4) is 0 Å². The van der Waals surface area contributed by atoms with E-state index in [4.69, 9.17) is 4.74 Å². The van der Waals surface area contributed by atoms with Crippen LogP contribution >= 0.6 is 0 Å². The van der Waals surface area contributed by atoms with Crippen LogP contribution in [0.1, 0.15) is 42.4 Å². The van der Waals surface area contributed by atoms with E-state index in [1.54, 1.807) is 25.1 Å². The SMILES string of the molecule is CCNC(=O)C[C@@H]1O[C@@H](n2cnc3c(NCC(c4ccccc4)c4ccccc4)nc(CNS(=O)(=O)c4ccccc4)nc32)[C@H](O)[C@@H]1O. The Labute approximate surface area is 278 Å². The van der Waals surface area contributed by atoms with E-state index in [0.29, 0.717) is 24.4 Å². The van der Waals surface area contributed by atoms with Gasteiger partial charge in [-0.25, -0.2) is 28.1 Å². The van der Waals surface area contributed by atoms with Crippen LogP contribution in [0.15, 0.2) is 102 Å². The Morgan fingerprint density at radius 3 is 2.17 bits per heavy atom. The number of imidazole rings is 1. The summed E-state index contributed by atoms with van der Waals surface area (Å²) in [6.07, 6.45) is -3.56. The van der Waals surface area contributed by atoms with Crippen LogP contribution in [-0.4, -0.2) is 75.5 Å². The molecular formula is C34H37N7O6S. The highest BCUT2D eigenvalue weighted by Gasteiger charge is 2.45. The van der Waals surface area contributed by atoms with Crippen LogP contribution in [0.2, 0.25) is 0 Å². The van der Waals surface area contributed by atoms with Gasteiger partial charge in [0.25, 0.3) is 0 Å². The molecule has 0 bridgehead atoms. The van der Waals surface area contributed by atoms with Crippen LogP contribution in [0.4, 0.5) is 5.82 Å². The lowest BCUT2D eigenvalue weighted by Crippen LogP contribution is -2.35. The summed E-state index contributed by atoms with van der Waals surface area (Å²) < 4.78 is 36.1. The summed E-state index contributed by atoms with van der Waals surface area (Å²) in [5, 5.41) is 27.8. The summed E-state index contributed by atoms with van der Waals surface area (Å²) in [5.41, 5.74) is 2.75. The molecule has 1 aliphatic heterocycles. The fraction of sp³-hybridized carbons (Fsp3) is 0.294. The zero-order valence-corrected chi connectivity index (χ0v) is 27.0. The van der Waals surface area contributed by atoms with Crippen LogP contribution in [-0.2, 0) is 26.1 Å². The predicted octanol–water partition coefficient (Wildman–Crippen LogP) is 2.69. The fourth-order valence-corrected chi connectivity index (χ4v) is 6.77. The van der Waals surface area contributed by atoms with Crippen LogP contribution in [0, 0.1) is 0 Å². The van der Waals surface area contributed by atoms with Crippen molar-refractivity contribution in [2.45, 2.75) is 55.2 Å². The number of carbonyl (C=O) groups is 1. The van der Waals surface area contributed by atoms with Crippen molar-refractivity contribution in [3.8, 4) is 0 Å². The maximum atomic E-state index is 13.0. The van der Waals surface area contributed by atoms with Gasteiger partial charge in [0.2, 0.25) is 15.9 Å². The molecule has 1 saturated heterocycles. The van der Waals surface area contributed by atoms with Crippen LogP contribution < -0.4 is 15.4 Å². The Morgan fingerprint density at radius 2 is 1.54 bits per heavy atom. The highest BCUT2D eigenvalue weighted by Crippen LogP contribution is 2.34. The molecule has 0 aliphatic carbocycles. The van der Waals surface area contributed by atoms with E-state index < -0.39 is 34.6 Å². The summed E-state index contributed by atoms with van der Waals surface area (Å²) >= 11 is 0. The third-order valence-electron chi connectivity index (χ3n) is 8.19. The third kappa shape index (κ3) is 7.22. The number of aliphatic hydroxyl groups excluding tert-OH is 2. The number of aliphatic hydroxyl groups is 2. The second-order valence-corrected chi connectivity index (χ2v) is 13.2. The molecular weight excluding hydrogens is 634 g/mol. The van der Waals surface area contributed by atoms with Gasteiger partial charge in [0.15, 0.2) is 23.2 Å². The van der Waals surface area contributed by atoms with E-state index in [1.165, 1.54) is 23.0 Å². The summed E-state index contributed by atoms with van der Waals surface area (Å²) in [6.45, 7) is 2.37. The molecule has 0 radical (unpaired) electrons. The van der Waals surface area contributed by atoms with Crippen LogP contribution in [0.25, 0.3) is 11.2 Å². The number of benzene rings is 3. The van der Waals surface area contributed by atoms with Crippen LogP contribution in [0.5, 0.6) is 0 Å². The van der Waals surface area contributed by atoms with Gasteiger partial charge in [-0.3, -0.25) is 9.36 Å². The highest BCUT2D eigenvalue weighted by atomic mass is 32.2. The minimum absolute atomic E-state index is 0.0651. The van der Waals surface area contributed by atoms with Gasteiger partial charge < -0.3 is 25.6 Å². The van der Waals surface area contributed by atoms with Crippen molar-refractivity contribution >= 4 is 32.9 Å². The standard InChI is InChI=1S/C34H37N7O6S/c1-2-35-28(42)18-26-30(43)31(44)34(47-26)41-21-37-29-32(36-19-25(22-12-6-3-7-13-22)23-14-8-4-9-15-23)39-27(40-33(29)41)20-38-48(45,46)24-16-10-5-11-17-24/h3-17,21,25-26,30-31,34,38,43-44H,2,18-20H2,1H3,(H,35,42)(H,36,39,40)/t26-,30+,31+,34+/m0/s1. The van der Waals surface area contributed by atoms with Crippen molar-refractivity contribution in [3.63, 3.8) is 0 Å². The number of nitrogens with one attached hydrogen (secondary N) is 3. The number of sulfonamides is 1.